The van der Waals surface area contributed by atoms with Gasteiger partial charge in [-0.3, -0.25) is 0 Å². The number of aryl methyl sites for hydroxylation is 1. The lowest BCUT2D eigenvalue weighted by atomic mass is 9.89. The molecule has 138 valence electrons. The molecule has 5 nitrogen and oxygen atoms in total. The Hall–Kier alpha value is -1.75. The summed E-state index contributed by atoms with van der Waals surface area (Å²) in [6.45, 7) is 11.2. The first kappa shape index (κ1) is 18.1. The molecule has 1 aromatic rings. The molecule has 0 radical (unpaired) electrons. The van der Waals surface area contributed by atoms with Crippen molar-refractivity contribution < 1.29 is 9.47 Å². The van der Waals surface area contributed by atoms with Gasteiger partial charge < -0.3 is 20.1 Å². The molecular formula is C20H31N3O2. The Bertz CT molecular complexity index is 607. The highest BCUT2D eigenvalue weighted by Gasteiger charge is 2.33. The molecule has 2 aliphatic rings. The Labute approximate surface area is 151 Å². The van der Waals surface area contributed by atoms with Crippen LogP contribution in [0.5, 0.6) is 5.75 Å². The number of guanidine groups is 1. The van der Waals surface area contributed by atoms with Crippen LogP contribution in [0.25, 0.3) is 0 Å². The lowest BCUT2D eigenvalue weighted by Gasteiger charge is -2.38. The van der Waals surface area contributed by atoms with Crippen LogP contribution in [0.2, 0.25) is 0 Å². The second-order valence-corrected chi connectivity index (χ2v) is 7.72. The lowest BCUT2D eigenvalue weighted by molar-refractivity contribution is -0.0971. The maximum atomic E-state index is 6.05. The van der Waals surface area contributed by atoms with E-state index in [0.29, 0.717) is 6.54 Å². The number of hydrogen-bond acceptors (Lipinski definition) is 3. The minimum atomic E-state index is 0.221. The molecule has 2 N–H and O–H groups in total. The van der Waals surface area contributed by atoms with Crippen molar-refractivity contribution >= 4 is 5.96 Å². The topological polar surface area (TPSA) is 54.9 Å². The Kier molecular flexibility index (Phi) is 5.84. The van der Waals surface area contributed by atoms with E-state index in [9.17, 15) is 0 Å². The summed E-state index contributed by atoms with van der Waals surface area (Å²) in [6, 6.07) is 6.38. The lowest BCUT2D eigenvalue weighted by Crippen LogP contribution is -2.51. The van der Waals surface area contributed by atoms with Gasteiger partial charge in [0.05, 0.1) is 26.4 Å². The molecular weight excluding hydrogens is 314 g/mol. The molecule has 0 atom stereocenters. The summed E-state index contributed by atoms with van der Waals surface area (Å²) < 4.78 is 11.4. The standard InChI is InChI=1S/C20H31N3O2/c1-4-21-19(23-12-20(3)13-24-14-20)22-10-17-8-5-15(2)9-18(17)25-11-16-6-7-16/h5,8-9,16H,4,6-7,10-14H2,1-3H3,(H2,21,22,23). The van der Waals surface area contributed by atoms with E-state index in [1.165, 1.54) is 18.4 Å². The number of aliphatic imine (C=N–C) groups is 1. The average Bonchev–Trinajstić information content (AvgIpc) is 3.39. The zero-order chi connectivity index (χ0) is 17.7. The van der Waals surface area contributed by atoms with Gasteiger partial charge in [0, 0.05) is 24.1 Å². The van der Waals surface area contributed by atoms with Crippen molar-refractivity contribution in [2.45, 2.75) is 40.2 Å². The predicted octanol–water partition coefficient (Wildman–Crippen LogP) is 2.88. The number of nitrogens with zero attached hydrogens (tertiary/aromatic N) is 1. The molecule has 0 aromatic heterocycles. The molecule has 1 aromatic carbocycles. The second-order valence-electron chi connectivity index (χ2n) is 7.72. The summed E-state index contributed by atoms with van der Waals surface area (Å²) >= 11 is 0. The summed E-state index contributed by atoms with van der Waals surface area (Å²) in [5.74, 6) is 2.58. The zero-order valence-corrected chi connectivity index (χ0v) is 15.7. The molecule has 1 saturated carbocycles. The van der Waals surface area contributed by atoms with E-state index in [-0.39, 0.29) is 5.41 Å². The molecule has 3 rings (SSSR count). The molecule has 25 heavy (non-hydrogen) atoms. The fourth-order valence-corrected chi connectivity index (χ4v) is 2.77. The average molecular weight is 345 g/mol. The highest BCUT2D eigenvalue weighted by Crippen LogP contribution is 2.31. The fourth-order valence-electron chi connectivity index (χ4n) is 2.77. The Morgan fingerprint density at radius 1 is 1.32 bits per heavy atom. The number of benzene rings is 1. The number of ether oxygens (including phenoxy) is 2. The Balaban J connectivity index is 1.62. The number of rotatable bonds is 8. The Morgan fingerprint density at radius 2 is 2.12 bits per heavy atom. The van der Waals surface area contributed by atoms with Crippen LogP contribution in [0.1, 0.15) is 37.8 Å². The number of hydrogen-bond donors (Lipinski definition) is 2. The largest absolute Gasteiger partial charge is 0.493 e. The van der Waals surface area contributed by atoms with E-state index < -0.39 is 0 Å². The van der Waals surface area contributed by atoms with Crippen molar-refractivity contribution in [3.8, 4) is 5.75 Å². The molecule has 1 aliphatic heterocycles. The van der Waals surface area contributed by atoms with E-state index in [0.717, 1.165) is 56.1 Å². The molecule has 5 heteroatoms. The molecule has 1 heterocycles. The van der Waals surface area contributed by atoms with Crippen molar-refractivity contribution in [2.75, 3.05) is 32.9 Å². The third-order valence-corrected chi connectivity index (χ3v) is 4.73. The molecule has 0 spiro atoms. The molecule has 1 saturated heterocycles. The van der Waals surface area contributed by atoms with Gasteiger partial charge in [-0.2, -0.15) is 0 Å². The molecule has 0 unspecified atom stereocenters. The van der Waals surface area contributed by atoms with Gasteiger partial charge >= 0.3 is 0 Å². The first-order valence-corrected chi connectivity index (χ1v) is 9.40. The molecule has 0 bridgehead atoms. The first-order chi connectivity index (χ1) is 12.1. The molecule has 0 amide bonds. The van der Waals surface area contributed by atoms with E-state index in [2.05, 4.69) is 49.6 Å². The zero-order valence-electron chi connectivity index (χ0n) is 15.7. The van der Waals surface area contributed by atoms with Crippen LogP contribution in [-0.2, 0) is 11.3 Å². The van der Waals surface area contributed by atoms with Gasteiger partial charge in [-0.1, -0.05) is 19.1 Å². The van der Waals surface area contributed by atoms with Gasteiger partial charge in [-0.05, 0) is 44.2 Å². The Morgan fingerprint density at radius 3 is 2.76 bits per heavy atom. The van der Waals surface area contributed by atoms with E-state index in [4.69, 9.17) is 14.5 Å². The first-order valence-electron chi connectivity index (χ1n) is 9.40. The van der Waals surface area contributed by atoms with Crippen LogP contribution in [0.15, 0.2) is 23.2 Å². The van der Waals surface area contributed by atoms with E-state index in [1.54, 1.807) is 0 Å². The van der Waals surface area contributed by atoms with E-state index in [1.807, 2.05) is 0 Å². The monoisotopic (exact) mass is 345 g/mol. The summed E-state index contributed by atoms with van der Waals surface area (Å²) in [6.07, 6.45) is 2.60. The van der Waals surface area contributed by atoms with Gasteiger partial charge in [0.1, 0.15) is 5.75 Å². The molecule has 2 fully saturated rings. The van der Waals surface area contributed by atoms with Crippen LogP contribution in [-0.4, -0.2) is 38.9 Å². The van der Waals surface area contributed by atoms with Crippen molar-refractivity contribution in [3.63, 3.8) is 0 Å². The minimum absolute atomic E-state index is 0.221. The van der Waals surface area contributed by atoms with Crippen LogP contribution in [0, 0.1) is 18.3 Å². The van der Waals surface area contributed by atoms with Crippen LogP contribution < -0.4 is 15.4 Å². The quantitative estimate of drug-likeness (QED) is 0.562. The number of nitrogens with one attached hydrogen (secondary N) is 2. The predicted molar refractivity (Wildman–Crippen MR) is 101 cm³/mol. The van der Waals surface area contributed by atoms with Gasteiger partial charge in [0.15, 0.2) is 5.96 Å². The van der Waals surface area contributed by atoms with Gasteiger partial charge in [0.25, 0.3) is 0 Å². The maximum Gasteiger partial charge on any atom is 0.191 e. The SMILES string of the molecule is CCNC(=NCc1ccc(C)cc1OCC1CC1)NCC1(C)COC1. The summed E-state index contributed by atoms with van der Waals surface area (Å²) in [5.41, 5.74) is 2.58. The fraction of sp³-hybridized carbons (Fsp3) is 0.650. The van der Waals surface area contributed by atoms with Crippen LogP contribution in [0.4, 0.5) is 0 Å². The minimum Gasteiger partial charge on any atom is -0.493 e. The summed E-state index contributed by atoms with van der Waals surface area (Å²) in [4.78, 5) is 4.75. The highest BCUT2D eigenvalue weighted by molar-refractivity contribution is 5.79. The van der Waals surface area contributed by atoms with Crippen LogP contribution in [0.3, 0.4) is 0 Å². The van der Waals surface area contributed by atoms with Crippen molar-refractivity contribution in [1.29, 1.82) is 0 Å². The maximum absolute atomic E-state index is 6.05. The third-order valence-electron chi connectivity index (χ3n) is 4.73. The second kappa shape index (κ2) is 8.09. The van der Waals surface area contributed by atoms with Crippen LogP contribution >= 0.6 is 0 Å². The third kappa shape index (κ3) is 5.36. The van der Waals surface area contributed by atoms with E-state index >= 15 is 0 Å². The summed E-state index contributed by atoms with van der Waals surface area (Å²) in [5, 5.41) is 6.76. The normalized spacial score (nSPS) is 19.2. The summed E-state index contributed by atoms with van der Waals surface area (Å²) in [7, 11) is 0. The van der Waals surface area contributed by atoms with Crippen molar-refractivity contribution in [1.82, 2.24) is 10.6 Å². The van der Waals surface area contributed by atoms with Crippen molar-refractivity contribution in [3.05, 3.63) is 29.3 Å². The highest BCUT2D eigenvalue weighted by atomic mass is 16.5. The van der Waals surface area contributed by atoms with Gasteiger partial charge in [0.2, 0.25) is 0 Å². The smallest absolute Gasteiger partial charge is 0.191 e. The van der Waals surface area contributed by atoms with Crippen molar-refractivity contribution in [2.24, 2.45) is 16.3 Å². The van der Waals surface area contributed by atoms with Gasteiger partial charge in [-0.15, -0.1) is 0 Å². The van der Waals surface area contributed by atoms with Gasteiger partial charge in [-0.25, -0.2) is 4.99 Å². The molecule has 1 aliphatic carbocycles.